The summed E-state index contributed by atoms with van der Waals surface area (Å²) in [6.45, 7) is 0.567. The summed E-state index contributed by atoms with van der Waals surface area (Å²) in [6, 6.07) is 9.86. The number of nitrogens with one attached hydrogen (secondary N) is 1. The fourth-order valence-electron chi connectivity index (χ4n) is 1.78. The second kappa shape index (κ2) is 6.70. The number of ether oxygens (including phenoxy) is 1. The van der Waals surface area contributed by atoms with Crippen molar-refractivity contribution in [2.75, 3.05) is 6.61 Å². The first-order chi connectivity index (χ1) is 9.29. The summed E-state index contributed by atoms with van der Waals surface area (Å²) < 4.78 is 5.60. The number of hydrogen-bond acceptors (Lipinski definition) is 4. The maximum Gasteiger partial charge on any atom is 0.233 e. The van der Waals surface area contributed by atoms with E-state index in [0.29, 0.717) is 13.0 Å². The van der Waals surface area contributed by atoms with Gasteiger partial charge >= 0.3 is 0 Å². The first kappa shape index (κ1) is 13.3. The summed E-state index contributed by atoms with van der Waals surface area (Å²) in [4.78, 5) is 15.2. The molecule has 1 amide bonds. The molecule has 19 heavy (non-hydrogen) atoms. The zero-order valence-corrected chi connectivity index (χ0v) is 10.6. The van der Waals surface area contributed by atoms with Crippen LogP contribution in [-0.4, -0.2) is 17.5 Å². The molecule has 0 bridgehead atoms. The highest BCUT2D eigenvalue weighted by atomic mass is 16.5. The van der Waals surface area contributed by atoms with Crippen molar-refractivity contribution in [3.63, 3.8) is 0 Å². The number of rotatable bonds is 6. The SMILES string of the molecule is NNC(=O)CCCCOc1cnc2ccccc2c1. The molecule has 1 aromatic heterocycles. The number of carbonyl (C=O) groups excluding carboxylic acids is 1. The molecule has 0 unspecified atom stereocenters. The predicted octanol–water partition coefficient (Wildman–Crippen LogP) is 1.77. The van der Waals surface area contributed by atoms with Gasteiger partial charge in [0.2, 0.25) is 5.91 Å². The first-order valence-corrected chi connectivity index (χ1v) is 6.26. The molecule has 2 aromatic rings. The number of hydrazine groups is 1. The number of fused-ring (bicyclic) bond motifs is 1. The van der Waals surface area contributed by atoms with E-state index in [1.807, 2.05) is 30.3 Å². The number of amides is 1. The zero-order chi connectivity index (χ0) is 13.5. The van der Waals surface area contributed by atoms with Gasteiger partial charge in [-0.2, -0.15) is 0 Å². The zero-order valence-electron chi connectivity index (χ0n) is 10.6. The number of pyridine rings is 1. The minimum absolute atomic E-state index is 0.146. The van der Waals surface area contributed by atoms with Crippen LogP contribution in [0.2, 0.25) is 0 Å². The third kappa shape index (κ3) is 3.93. The fourth-order valence-corrected chi connectivity index (χ4v) is 1.78. The van der Waals surface area contributed by atoms with Crippen molar-refractivity contribution in [2.24, 2.45) is 5.84 Å². The molecule has 0 atom stereocenters. The van der Waals surface area contributed by atoms with Crippen LogP contribution in [0.3, 0.4) is 0 Å². The molecule has 0 aliphatic heterocycles. The van der Waals surface area contributed by atoms with Gasteiger partial charge in [0.25, 0.3) is 0 Å². The number of benzene rings is 1. The van der Waals surface area contributed by atoms with E-state index >= 15 is 0 Å². The number of unbranched alkanes of at least 4 members (excludes halogenated alkanes) is 1. The quantitative estimate of drug-likeness (QED) is 0.359. The van der Waals surface area contributed by atoms with Crippen molar-refractivity contribution < 1.29 is 9.53 Å². The van der Waals surface area contributed by atoms with Gasteiger partial charge in [0.15, 0.2) is 0 Å². The Kier molecular flexibility index (Phi) is 4.69. The molecule has 0 saturated carbocycles. The molecule has 2 rings (SSSR count). The normalized spacial score (nSPS) is 10.4. The van der Waals surface area contributed by atoms with E-state index < -0.39 is 0 Å². The predicted molar refractivity (Wildman–Crippen MR) is 73.4 cm³/mol. The van der Waals surface area contributed by atoms with E-state index in [-0.39, 0.29) is 5.91 Å². The second-order valence-electron chi connectivity index (χ2n) is 4.24. The Balaban J connectivity index is 1.80. The van der Waals surface area contributed by atoms with Crippen LogP contribution in [0.15, 0.2) is 36.5 Å². The highest BCUT2D eigenvalue weighted by molar-refractivity contribution is 5.79. The Hall–Kier alpha value is -2.14. The molecular formula is C14H17N3O2. The lowest BCUT2D eigenvalue weighted by Gasteiger charge is -2.06. The molecule has 0 saturated heterocycles. The van der Waals surface area contributed by atoms with Crippen molar-refractivity contribution in [3.05, 3.63) is 36.5 Å². The number of para-hydroxylation sites is 1. The summed E-state index contributed by atoms with van der Waals surface area (Å²) >= 11 is 0. The molecule has 1 heterocycles. The first-order valence-electron chi connectivity index (χ1n) is 6.26. The molecule has 0 radical (unpaired) electrons. The Labute approximate surface area is 111 Å². The van der Waals surface area contributed by atoms with Crippen LogP contribution < -0.4 is 16.0 Å². The Morgan fingerprint density at radius 2 is 2.16 bits per heavy atom. The third-order valence-corrected chi connectivity index (χ3v) is 2.79. The van der Waals surface area contributed by atoms with Gasteiger partial charge in [0, 0.05) is 11.8 Å². The average Bonchev–Trinajstić information content (AvgIpc) is 2.46. The van der Waals surface area contributed by atoms with Crippen molar-refractivity contribution in [2.45, 2.75) is 19.3 Å². The molecule has 0 aliphatic rings. The molecule has 100 valence electrons. The summed E-state index contributed by atoms with van der Waals surface area (Å²) in [7, 11) is 0. The standard InChI is InChI=1S/C14H17N3O2/c15-17-14(18)7-3-4-8-19-12-9-11-5-1-2-6-13(11)16-10-12/h1-2,5-6,9-10H,3-4,7-8,15H2,(H,17,18). The van der Waals surface area contributed by atoms with E-state index in [9.17, 15) is 4.79 Å². The van der Waals surface area contributed by atoms with Gasteiger partial charge in [0.05, 0.1) is 18.3 Å². The van der Waals surface area contributed by atoms with E-state index in [1.54, 1.807) is 6.20 Å². The Morgan fingerprint density at radius 1 is 1.32 bits per heavy atom. The van der Waals surface area contributed by atoms with Crippen molar-refractivity contribution >= 4 is 16.8 Å². The summed E-state index contributed by atoms with van der Waals surface area (Å²) in [6.07, 6.45) is 3.70. The van der Waals surface area contributed by atoms with Crippen molar-refractivity contribution in [1.29, 1.82) is 0 Å². The lowest BCUT2D eigenvalue weighted by Crippen LogP contribution is -2.29. The molecule has 5 heteroatoms. The average molecular weight is 259 g/mol. The number of aromatic nitrogens is 1. The molecule has 5 nitrogen and oxygen atoms in total. The van der Waals surface area contributed by atoms with Crippen molar-refractivity contribution in [3.8, 4) is 5.75 Å². The summed E-state index contributed by atoms with van der Waals surface area (Å²) in [5.41, 5.74) is 3.06. The van der Waals surface area contributed by atoms with Crippen molar-refractivity contribution in [1.82, 2.24) is 10.4 Å². The third-order valence-electron chi connectivity index (χ3n) is 2.79. The molecule has 0 fully saturated rings. The molecular weight excluding hydrogens is 242 g/mol. The van der Waals surface area contributed by atoms with Crippen LogP contribution in [0.5, 0.6) is 5.75 Å². The van der Waals surface area contributed by atoms with Crippen LogP contribution >= 0.6 is 0 Å². The minimum atomic E-state index is -0.146. The number of nitrogens with two attached hydrogens (primary N) is 1. The van der Waals surface area contributed by atoms with E-state index in [4.69, 9.17) is 10.6 Å². The minimum Gasteiger partial charge on any atom is -0.492 e. The number of carbonyl (C=O) groups is 1. The lowest BCUT2D eigenvalue weighted by atomic mass is 10.2. The maximum absolute atomic E-state index is 10.9. The van der Waals surface area contributed by atoms with Crippen LogP contribution in [0, 0.1) is 0 Å². The van der Waals surface area contributed by atoms with Gasteiger partial charge in [-0.05, 0) is 25.0 Å². The topological polar surface area (TPSA) is 77.2 Å². The van der Waals surface area contributed by atoms with Gasteiger partial charge < -0.3 is 4.74 Å². The molecule has 0 aliphatic carbocycles. The number of hydrogen-bond donors (Lipinski definition) is 2. The monoisotopic (exact) mass is 259 g/mol. The Morgan fingerprint density at radius 3 is 3.00 bits per heavy atom. The Bertz CT molecular complexity index is 557. The summed E-state index contributed by atoms with van der Waals surface area (Å²) in [5.74, 6) is 5.60. The van der Waals surface area contributed by atoms with E-state index in [0.717, 1.165) is 29.5 Å². The highest BCUT2D eigenvalue weighted by Crippen LogP contribution is 2.18. The maximum atomic E-state index is 10.9. The van der Waals surface area contributed by atoms with E-state index in [1.165, 1.54) is 0 Å². The number of nitrogens with zero attached hydrogens (tertiary/aromatic N) is 1. The van der Waals surface area contributed by atoms with Crippen LogP contribution in [0.25, 0.3) is 10.9 Å². The van der Waals surface area contributed by atoms with E-state index in [2.05, 4.69) is 10.4 Å². The highest BCUT2D eigenvalue weighted by Gasteiger charge is 2.00. The smallest absolute Gasteiger partial charge is 0.233 e. The van der Waals surface area contributed by atoms with Gasteiger partial charge in [0.1, 0.15) is 5.75 Å². The van der Waals surface area contributed by atoms with Crippen LogP contribution in [0.4, 0.5) is 0 Å². The fraction of sp³-hybridized carbons (Fsp3) is 0.286. The van der Waals surface area contributed by atoms with Crippen LogP contribution in [0.1, 0.15) is 19.3 Å². The molecule has 0 spiro atoms. The van der Waals surface area contributed by atoms with Gasteiger partial charge in [-0.15, -0.1) is 0 Å². The van der Waals surface area contributed by atoms with Gasteiger partial charge in [-0.25, -0.2) is 5.84 Å². The second-order valence-corrected chi connectivity index (χ2v) is 4.24. The van der Waals surface area contributed by atoms with Crippen LogP contribution in [-0.2, 0) is 4.79 Å². The largest absolute Gasteiger partial charge is 0.492 e. The molecule has 1 aromatic carbocycles. The summed E-state index contributed by atoms with van der Waals surface area (Å²) in [5, 5.41) is 1.06. The van der Waals surface area contributed by atoms with Gasteiger partial charge in [-0.3, -0.25) is 15.2 Å². The van der Waals surface area contributed by atoms with Gasteiger partial charge in [-0.1, -0.05) is 18.2 Å². The lowest BCUT2D eigenvalue weighted by molar-refractivity contribution is -0.121. The molecule has 3 N–H and O–H groups in total.